The van der Waals surface area contributed by atoms with E-state index in [1.54, 1.807) is 6.20 Å². The lowest BCUT2D eigenvalue weighted by Crippen LogP contribution is -2.32. The summed E-state index contributed by atoms with van der Waals surface area (Å²) in [5.41, 5.74) is 7.87. The molecule has 21 heavy (non-hydrogen) atoms. The number of pyridine rings is 1. The number of nitrogens with zero attached hydrogens (tertiary/aromatic N) is 1. The second kappa shape index (κ2) is 8.27. The third kappa shape index (κ3) is 5.08. The first-order valence-corrected chi connectivity index (χ1v) is 7.39. The number of benzene rings is 1. The zero-order chi connectivity index (χ0) is 14.9. The van der Waals surface area contributed by atoms with Crippen LogP contribution < -0.4 is 15.8 Å². The van der Waals surface area contributed by atoms with Crippen molar-refractivity contribution >= 4 is 5.69 Å². The monoisotopic (exact) mass is 285 g/mol. The molecule has 0 saturated carbocycles. The fourth-order valence-electron chi connectivity index (χ4n) is 2.27. The molecule has 3 N–H and O–H groups in total. The standard InChI is InChI=1S/C17H23N3O/c1-2-20-15(12-14-13-19-10-8-17(14)18)9-11-21-16-6-4-3-5-7-16/h3-8,10,13,15,20H,2,9,11-12H2,1H3,(H2,18,19). The van der Waals surface area contributed by atoms with Crippen LogP contribution in [0.1, 0.15) is 18.9 Å². The van der Waals surface area contributed by atoms with Gasteiger partial charge in [0.2, 0.25) is 0 Å². The Morgan fingerprint density at radius 1 is 1.24 bits per heavy atom. The van der Waals surface area contributed by atoms with Gasteiger partial charge in [0, 0.05) is 24.1 Å². The average molecular weight is 285 g/mol. The summed E-state index contributed by atoms with van der Waals surface area (Å²) in [5, 5.41) is 3.48. The van der Waals surface area contributed by atoms with Crippen molar-refractivity contribution in [2.45, 2.75) is 25.8 Å². The Kier molecular flexibility index (Phi) is 6.03. The van der Waals surface area contributed by atoms with Crippen LogP contribution in [0.25, 0.3) is 0 Å². The first-order chi connectivity index (χ1) is 10.3. The smallest absolute Gasteiger partial charge is 0.119 e. The molecule has 4 nitrogen and oxygen atoms in total. The summed E-state index contributed by atoms with van der Waals surface area (Å²) >= 11 is 0. The van der Waals surface area contributed by atoms with E-state index in [-0.39, 0.29) is 0 Å². The van der Waals surface area contributed by atoms with Gasteiger partial charge in [0.05, 0.1) is 6.61 Å². The van der Waals surface area contributed by atoms with Gasteiger partial charge in [-0.1, -0.05) is 25.1 Å². The number of aromatic nitrogens is 1. The van der Waals surface area contributed by atoms with Crippen molar-refractivity contribution in [2.75, 3.05) is 18.9 Å². The highest BCUT2D eigenvalue weighted by atomic mass is 16.5. The van der Waals surface area contributed by atoms with Crippen molar-refractivity contribution in [3.8, 4) is 5.75 Å². The Labute approximate surface area is 126 Å². The quantitative estimate of drug-likeness (QED) is 0.783. The Balaban J connectivity index is 1.86. The maximum Gasteiger partial charge on any atom is 0.119 e. The lowest BCUT2D eigenvalue weighted by atomic mass is 10.0. The number of nitrogens with one attached hydrogen (secondary N) is 1. The molecule has 0 aliphatic rings. The van der Waals surface area contributed by atoms with E-state index in [1.165, 1.54) is 0 Å². The van der Waals surface area contributed by atoms with E-state index in [9.17, 15) is 0 Å². The summed E-state index contributed by atoms with van der Waals surface area (Å²) in [6.07, 6.45) is 5.36. The lowest BCUT2D eigenvalue weighted by Gasteiger charge is -2.19. The molecule has 4 heteroatoms. The second-order valence-corrected chi connectivity index (χ2v) is 4.98. The SMILES string of the molecule is CCNC(CCOc1ccccc1)Cc1cnccc1N. The lowest BCUT2D eigenvalue weighted by molar-refractivity contribution is 0.285. The number of hydrogen-bond donors (Lipinski definition) is 2. The number of likely N-dealkylation sites (N-methyl/N-ethyl adjacent to an activating group) is 1. The maximum atomic E-state index is 5.99. The Morgan fingerprint density at radius 3 is 2.76 bits per heavy atom. The van der Waals surface area contributed by atoms with E-state index in [0.29, 0.717) is 12.6 Å². The van der Waals surface area contributed by atoms with Crippen LogP contribution in [0.2, 0.25) is 0 Å². The Hall–Kier alpha value is -2.07. The van der Waals surface area contributed by atoms with Crippen molar-refractivity contribution in [1.29, 1.82) is 0 Å². The predicted octanol–water partition coefficient (Wildman–Crippen LogP) is 2.65. The highest BCUT2D eigenvalue weighted by Crippen LogP contribution is 2.14. The van der Waals surface area contributed by atoms with E-state index in [4.69, 9.17) is 10.5 Å². The summed E-state index contributed by atoms with van der Waals surface area (Å²) in [4.78, 5) is 4.15. The normalized spacial score (nSPS) is 12.0. The van der Waals surface area contributed by atoms with Crippen LogP contribution >= 0.6 is 0 Å². The van der Waals surface area contributed by atoms with Gasteiger partial charge in [-0.3, -0.25) is 4.98 Å². The summed E-state index contributed by atoms with van der Waals surface area (Å²) in [6.45, 7) is 3.72. The molecular weight excluding hydrogens is 262 g/mol. The zero-order valence-corrected chi connectivity index (χ0v) is 12.5. The molecule has 1 unspecified atom stereocenters. The summed E-state index contributed by atoms with van der Waals surface area (Å²) in [5.74, 6) is 0.911. The van der Waals surface area contributed by atoms with Gasteiger partial charge in [0.25, 0.3) is 0 Å². The first kappa shape index (κ1) is 15.3. The van der Waals surface area contributed by atoms with E-state index >= 15 is 0 Å². The summed E-state index contributed by atoms with van der Waals surface area (Å²) in [6, 6.07) is 12.1. The largest absolute Gasteiger partial charge is 0.494 e. The minimum absolute atomic E-state index is 0.338. The van der Waals surface area contributed by atoms with Crippen LogP contribution in [0.4, 0.5) is 5.69 Å². The van der Waals surface area contributed by atoms with Crippen LogP contribution in [0.5, 0.6) is 5.75 Å². The minimum atomic E-state index is 0.338. The van der Waals surface area contributed by atoms with Gasteiger partial charge in [-0.05, 0) is 43.1 Å². The van der Waals surface area contributed by atoms with Gasteiger partial charge in [0.15, 0.2) is 0 Å². The third-order valence-corrected chi connectivity index (χ3v) is 3.38. The van der Waals surface area contributed by atoms with Crippen molar-refractivity contribution in [3.63, 3.8) is 0 Å². The van der Waals surface area contributed by atoms with Crippen molar-refractivity contribution in [3.05, 3.63) is 54.4 Å². The molecule has 0 bridgehead atoms. The topological polar surface area (TPSA) is 60.2 Å². The van der Waals surface area contributed by atoms with Crippen molar-refractivity contribution in [1.82, 2.24) is 10.3 Å². The first-order valence-electron chi connectivity index (χ1n) is 7.39. The number of rotatable bonds is 8. The summed E-state index contributed by atoms with van der Waals surface area (Å²) < 4.78 is 5.76. The highest BCUT2D eigenvalue weighted by Gasteiger charge is 2.11. The molecule has 2 rings (SSSR count). The number of anilines is 1. The Bertz CT molecular complexity index is 531. The predicted molar refractivity (Wildman–Crippen MR) is 86.4 cm³/mol. The maximum absolute atomic E-state index is 5.99. The zero-order valence-electron chi connectivity index (χ0n) is 12.5. The molecule has 1 atom stereocenters. The molecule has 0 aliphatic heterocycles. The summed E-state index contributed by atoms with van der Waals surface area (Å²) in [7, 11) is 0. The van der Waals surface area contributed by atoms with Crippen LogP contribution in [0.3, 0.4) is 0 Å². The molecule has 112 valence electrons. The van der Waals surface area contributed by atoms with Gasteiger partial charge in [-0.2, -0.15) is 0 Å². The molecule has 0 spiro atoms. The fourth-order valence-corrected chi connectivity index (χ4v) is 2.27. The van der Waals surface area contributed by atoms with Gasteiger partial charge in [0.1, 0.15) is 5.75 Å². The average Bonchev–Trinajstić information content (AvgIpc) is 2.51. The molecule has 1 heterocycles. The van der Waals surface area contributed by atoms with Gasteiger partial charge >= 0.3 is 0 Å². The number of hydrogen-bond acceptors (Lipinski definition) is 4. The molecule has 0 radical (unpaired) electrons. The number of nitrogen functional groups attached to an aromatic ring is 1. The number of ether oxygens (including phenoxy) is 1. The van der Waals surface area contributed by atoms with E-state index < -0.39 is 0 Å². The van der Waals surface area contributed by atoms with E-state index in [0.717, 1.165) is 36.4 Å². The minimum Gasteiger partial charge on any atom is -0.494 e. The van der Waals surface area contributed by atoms with Crippen molar-refractivity contribution in [2.24, 2.45) is 0 Å². The molecule has 1 aromatic carbocycles. The molecule has 0 saturated heterocycles. The van der Waals surface area contributed by atoms with E-state index in [1.807, 2.05) is 42.6 Å². The van der Waals surface area contributed by atoms with Crippen LogP contribution in [0.15, 0.2) is 48.8 Å². The molecule has 0 amide bonds. The van der Waals surface area contributed by atoms with Crippen LogP contribution in [0, 0.1) is 0 Å². The Morgan fingerprint density at radius 2 is 2.05 bits per heavy atom. The van der Waals surface area contributed by atoms with Crippen molar-refractivity contribution < 1.29 is 4.74 Å². The van der Waals surface area contributed by atoms with Gasteiger partial charge in [-0.15, -0.1) is 0 Å². The molecule has 0 fully saturated rings. The fraction of sp³-hybridized carbons (Fsp3) is 0.353. The molecule has 0 aliphatic carbocycles. The number of nitrogens with two attached hydrogens (primary N) is 1. The van der Waals surface area contributed by atoms with Gasteiger partial charge in [-0.25, -0.2) is 0 Å². The third-order valence-electron chi connectivity index (χ3n) is 3.38. The van der Waals surface area contributed by atoms with Gasteiger partial charge < -0.3 is 15.8 Å². The second-order valence-electron chi connectivity index (χ2n) is 4.98. The molecular formula is C17H23N3O. The highest BCUT2D eigenvalue weighted by molar-refractivity contribution is 5.44. The number of para-hydroxylation sites is 1. The molecule has 2 aromatic rings. The van der Waals surface area contributed by atoms with Crippen LogP contribution in [-0.2, 0) is 6.42 Å². The van der Waals surface area contributed by atoms with E-state index in [2.05, 4.69) is 17.2 Å². The van der Waals surface area contributed by atoms with Crippen LogP contribution in [-0.4, -0.2) is 24.2 Å². The molecule has 1 aromatic heterocycles.